The molecule has 1 aromatic heterocycles. The van der Waals surface area contributed by atoms with Gasteiger partial charge in [0, 0.05) is 6.04 Å². The summed E-state index contributed by atoms with van der Waals surface area (Å²) in [6.45, 7) is 1.43. The van der Waals surface area contributed by atoms with Crippen molar-refractivity contribution in [1.29, 1.82) is 0 Å². The summed E-state index contributed by atoms with van der Waals surface area (Å²) in [5, 5.41) is 6.53. The summed E-state index contributed by atoms with van der Waals surface area (Å²) in [7, 11) is 0. The number of nitrogens with one attached hydrogen (secondary N) is 2. The van der Waals surface area contributed by atoms with Crippen molar-refractivity contribution >= 4 is 29.0 Å². The molecule has 0 bridgehead atoms. The largest absolute Gasteiger partial charge is 0.452 e. The minimum absolute atomic E-state index is 0.242. The molecule has 0 radical (unpaired) electrons. The molecule has 122 valence electrons. The van der Waals surface area contributed by atoms with Gasteiger partial charge in [-0.2, -0.15) is 4.98 Å². The van der Waals surface area contributed by atoms with Crippen LogP contribution in [0.1, 0.15) is 23.2 Å². The number of carbonyl (C=O) groups is 2. The number of oxazole rings is 1. The number of fused-ring (bicyclic) bond motifs is 1. The Morgan fingerprint density at radius 2 is 2.17 bits per heavy atom. The van der Waals surface area contributed by atoms with Crippen LogP contribution in [0.4, 0.5) is 6.01 Å². The molecule has 0 saturated carbocycles. The molecule has 3 rings (SSSR count). The highest BCUT2D eigenvalue weighted by molar-refractivity contribution is 6.02. The van der Waals surface area contributed by atoms with Crippen LogP contribution in [0.15, 0.2) is 22.6 Å². The van der Waals surface area contributed by atoms with Gasteiger partial charge in [-0.15, -0.1) is 0 Å². The number of benzene rings is 1. The number of esters is 1. The molecule has 4 N–H and O–H groups in total. The van der Waals surface area contributed by atoms with E-state index in [0.717, 1.165) is 25.9 Å². The number of piperidine rings is 1. The van der Waals surface area contributed by atoms with Crippen molar-refractivity contribution in [1.82, 2.24) is 10.3 Å². The zero-order valence-corrected chi connectivity index (χ0v) is 12.5. The van der Waals surface area contributed by atoms with Gasteiger partial charge in [-0.1, -0.05) is 6.07 Å². The lowest BCUT2D eigenvalue weighted by atomic mass is 10.1. The Kier molecular flexibility index (Phi) is 4.42. The third kappa shape index (κ3) is 3.59. The van der Waals surface area contributed by atoms with Gasteiger partial charge in [0.25, 0.3) is 11.9 Å². The molecule has 1 fully saturated rings. The van der Waals surface area contributed by atoms with E-state index >= 15 is 0 Å². The number of amides is 1. The third-order valence-corrected chi connectivity index (χ3v) is 3.65. The first kappa shape index (κ1) is 15.3. The Balaban J connectivity index is 1.80. The smallest absolute Gasteiger partial charge is 0.340 e. The number of hydrogen-bond acceptors (Lipinski definition) is 7. The van der Waals surface area contributed by atoms with Gasteiger partial charge in [-0.05, 0) is 38.1 Å². The number of primary amides is 1. The van der Waals surface area contributed by atoms with E-state index in [0.29, 0.717) is 17.1 Å². The minimum Gasteiger partial charge on any atom is -0.452 e. The first-order chi connectivity index (χ1) is 11.1. The van der Waals surface area contributed by atoms with Gasteiger partial charge in [-0.3, -0.25) is 4.79 Å². The molecule has 1 aliphatic rings. The van der Waals surface area contributed by atoms with Crippen molar-refractivity contribution in [2.75, 3.05) is 25.0 Å². The maximum atomic E-state index is 12.0. The lowest BCUT2D eigenvalue weighted by molar-refractivity contribution is -0.121. The van der Waals surface area contributed by atoms with Crippen LogP contribution in [0, 0.1) is 0 Å². The molecule has 1 aliphatic heterocycles. The van der Waals surface area contributed by atoms with Crippen molar-refractivity contribution in [3.05, 3.63) is 23.8 Å². The standard InChI is InChI=1S/C15H18N4O4/c16-12(20)8-22-14(21)10-2-1-3-11-13(10)19-15(23-11)18-9-4-6-17-7-5-9/h1-3,9,17H,4-8H2,(H2,16,20)(H,18,19). The monoisotopic (exact) mass is 318 g/mol. The van der Waals surface area contributed by atoms with Crippen LogP contribution >= 0.6 is 0 Å². The molecular formula is C15H18N4O4. The number of aromatic nitrogens is 1. The second-order valence-corrected chi connectivity index (χ2v) is 5.38. The van der Waals surface area contributed by atoms with Crippen LogP contribution < -0.4 is 16.4 Å². The number of hydrogen-bond donors (Lipinski definition) is 3. The molecule has 8 heteroatoms. The predicted octanol–water partition coefficient (Wildman–Crippen LogP) is 0.634. The normalized spacial score (nSPS) is 15.5. The summed E-state index contributed by atoms with van der Waals surface area (Å²) in [5.41, 5.74) is 6.10. The van der Waals surface area contributed by atoms with Crippen LogP contribution in [-0.2, 0) is 9.53 Å². The van der Waals surface area contributed by atoms with Gasteiger partial charge in [0.15, 0.2) is 12.2 Å². The molecule has 0 atom stereocenters. The van der Waals surface area contributed by atoms with E-state index in [1.165, 1.54) is 0 Å². The quantitative estimate of drug-likeness (QED) is 0.692. The van der Waals surface area contributed by atoms with Gasteiger partial charge < -0.3 is 25.5 Å². The molecule has 1 aromatic carbocycles. The Bertz CT molecular complexity index is 721. The molecule has 0 spiro atoms. The zero-order valence-electron chi connectivity index (χ0n) is 12.5. The van der Waals surface area contributed by atoms with Gasteiger partial charge in [0.2, 0.25) is 0 Å². The van der Waals surface area contributed by atoms with E-state index < -0.39 is 18.5 Å². The van der Waals surface area contributed by atoms with Crippen LogP contribution in [0.2, 0.25) is 0 Å². The number of anilines is 1. The van der Waals surface area contributed by atoms with Gasteiger partial charge in [0.05, 0.1) is 5.56 Å². The summed E-state index contributed by atoms with van der Waals surface area (Å²) < 4.78 is 10.5. The Morgan fingerprint density at radius 3 is 2.91 bits per heavy atom. The van der Waals surface area contributed by atoms with Gasteiger partial charge >= 0.3 is 5.97 Å². The number of para-hydroxylation sites is 1. The summed E-state index contributed by atoms with van der Waals surface area (Å²) in [4.78, 5) is 27.1. The first-order valence-electron chi connectivity index (χ1n) is 7.46. The molecule has 8 nitrogen and oxygen atoms in total. The number of rotatable bonds is 5. The number of ether oxygens (including phenoxy) is 1. The molecular weight excluding hydrogens is 300 g/mol. The Morgan fingerprint density at radius 1 is 1.39 bits per heavy atom. The van der Waals surface area contributed by atoms with Crippen LogP contribution in [0.3, 0.4) is 0 Å². The summed E-state index contributed by atoms with van der Waals surface area (Å²) in [6.07, 6.45) is 1.96. The van der Waals surface area contributed by atoms with E-state index in [-0.39, 0.29) is 11.6 Å². The van der Waals surface area contributed by atoms with E-state index in [4.69, 9.17) is 14.9 Å². The van der Waals surface area contributed by atoms with Crippen molar-refractivity contribution in [3.8, 4) is 0 Å². The minimum atomic E-state index is -0.709. The maximum absolute atomic E-state index is 12.0. The van der Waals surface area contributed by atoms with E-state index in [2.05, 4.69) is 15.6 Å². The van der Waals surface area contributed by atoms with Crippen molar-refractivity contribution in [2.24, 2.45) is 5.73 Å². The maximum Gasteiger partial charge on any atom is 0.340 e. The number of nitrogens with zero attached hydrogens (tertiary/aromatic N) is 1. The highest BCUT2D eigenvalue weighted by Crippen LogP contribution is 2.24. The fraction of sp³-hybridized carbons (Fsp3) is 0.400. The van der Waals surface area contributed by atoms with Crippen LogP contribution in [0.5, 0.6) is 0 Å². The van der Waals surface area contributed by atoms with E-state index in [1.54, 1.807) is 18.2 Å². The van der Waals surface area contributed by atoms with Gasteiger partial charge in [-0.25, -0.2) is 4.79 Å². The first-order valence-corrected chi connectivity index (χ1v) is 7.46. The number of carbonyl (C=O) groups excluding carboxylic acids is 2. The molecule has 0 aliphatic carbocycles. The summed E-state index contributed by atoms with van der Waals surface area (Å²) >= 11 is 0. The Hall–Kier alpha value is -2.61. The fourth-order valence-electron chi connectivity index (χ4n) is 2.53. The Labute approximate surface area is 132 Å². The van der Waals surface area contributed by atoms with E-state index in [1.807, 2.05) is 0 Å². The number of nitrogens with two attached hydrogens (primary N) is 1. The van der Waals surface area contributed by atoms with Crippen LogP contribution in [-0.4, -0.2) is 42.6 Å². The summed E-state index contributed by atoms with van der Waals surface area (Å²) in [5.74, 6) is -1.37. The average molecular weight is 318 g/mol. The zero-order chi connectivity index (χ0) is 16.2. The second-order valence-electron chi connectivity index (χ2n) is 5.38. The topological polar surface area (TPSA) is 119 Å². The molecule has 1 amide bonds. The lowest BCUT2D eigenvalue weighted by Crippen LogP contribution is -2.35. The molecule has 2 heterocycles. The second kappa shape index (κ2) is 6.66. The SMILES string of the molecule is NC(=O)COC(=O)c1cccc2oc(NC3CCNCC3)nc12. The highest BCUT2D eigenvalue weighted by Gasteiger charge is 2.19. The lowest BCUT2D eigenvalue weighted by Gasteiger charge is -2.22. The van der Waals surface area contributed by atoms with E-state index in [9.17, 15) is 9.59 Å². The fourth-order valence-corrected chi connectivity index (χ4v) is 2.53. The predicted molar refractivity (Wildman–Crippen MR) is 83.0 cm³/mol. The van der Waals surface area contributed by atoms with Gasteiger partial charge in [0.1, 0.15) is 5.52 Å². The third-order valence-electron chi connectivity index (χ3n) is 3.65. The highest BCUT2D eigenvalue weighted by atomic mass is 16.5. The molecule has 0 unspecified atom stereocenters. The average Bonchev–Trinajstić information content (AvgIpc) is 2.95. The van der Waals surface area contributed by atoms with Crippen molar-refractivity contribution in [2.45, 2.75) is 18.9 Å². The molecule has 1 saturated heterocycles. The van der Waals surface area contributed by atoms with Crippen molar-refractivity contribution in [3.63, 3.8) is 0 Å². The van der Waals surface area contributed by atoms with Crippen LogP contribution in [0.25, 0.3) is 11.1 Å². The molecule has 2 aromatic rings. The summed E-state index contributed by atoms with van der Waals surface area (Å²) in [6, 6.07) is 5.63. The van der Waals surface area contributed by atoms with Crippen molar-refractivity contribution < 1.29 is 18.7 Å². The molecule has 23 heavy (non-hydrogen) atoms.